The van der Waals surface area contributed by atoms with Gasteiger partial charge in [-0.2, -0.15) is 10.2 Å². The van der Waals surface area contributed by atoms with E-state index in [2.05, 4.69) is 19.8 Å². The maximum absolute atomic E-state index is 11.8. The van der Waals surface area contributed by atoms with Gasteiger partial charge in [0.1, 0.15) is 17.5 Å². The van der Waals surface area contributed by atoms with Gasteiger partial charge in [0.2, 0.25) is 5.95 Å². The molecule has 2 saturated heterocycles. The Morgan fingerprint density at radius 1 is 1.31 bits per heavy atom. The van der Waals surface area contributed by atoms with Gasteiger partial charge in [-0.05, 0) is 19.8 Å². The minimum absolute atomic E-state index is 0.202. The lowest BCUT2D eigenvalue weighted by Crippen LogP contribution is -2.54. The summed E-state index contributed by atoms with van der Waals surface area (Å²) in [6, 6.07) is 2.48. The van der Waals surface area contributed by atoms with Crippen molar-refractivity contribution in [2.24, 2.45) is 0 Å². The maximum atomic E-state index is 11.8. The number of ether oxygens (including phenoxy) is 1. The van der Waals surface area contributed by atoms with Gasteiger partial charge in [0.25, 0.3) is 0 Å². The van der Waals surface area contributed by atoms with Gasteiger partial charge in [0.05, 0.1) is 12.8 Å². The molecular weight excluding hydrogens is 334 g/mol. The van der Waals surface area contributed by atoms with Gasteiger partial charge >= 0.3 is 6.09 Å². The van der Waals surface area contributed by atoms with E-state index in [4.69, 9.17) is 15.7 Å². The largest absolute Gasteiger partial charge is 0.450 e. The summed E-state index contributed by atoms with van der Waals surface area (Å²) in [7, 11) is 0. The van der Waals surface area contributed by atoms with E-state index in [1.165, 1.54) is 6.20 Å². The number of nitrogens with zero attached hydrogens (tertiary/aromatic N) is 6. The summed E-state index contributed by atoms with van der Waals surface area (Å²) in [6.07, 6.45) is 3.22. The number of hydrogen-bond donors (Lipinski definition) is 1. The van der Waals surface area contributed by atoms with Crippen molar-refractivity contribution >= 4 is 17.9 Å². The summed E-state index contributed by atoms with van der Waals surface area (Å²) in [6.45, 7) is 7.24. The molecule has 0 atom stereocenters. The maximum Gasteiger partial charge on any atom is 0.409 e. The lowest BCUT2D eigenvalue weighted by atomic mass is 10.0. The highest BCUT2D eigenvalue weighted by molar-refractivity contribution is 5.67. The third-order valence-corrected chi connectivity index (χ3v) is 5.03. The summed E-state index contributed by atoms with van der Waals surface area (Å²) in [5.74, 6) is 0.810. The molecule has 0 bridgehead atoms. The Morgan fingerprint density at radius 2 is 2.00 bits per heavy atom. The highest BCUT2D eigenvalue weighted by atomic mass is 16.6. The predicted octanol–water partition coefficient (Wildman–Crippen LogP) is 0.673. The van der Waals surface area contributed by atoms with Crippen LogP contribution in [0.2, 0.25) is 0 Å². The Labute approximate surface area is 153 Å². The first-order valence-corrected chi connectivity index (χ1v) is 9.05. The van der Waals surface area contributed by atoms with Crippen LogP contribution in [-0.2, 0) is 4.74 Å². The van der Waals surface area contributed by atoms with Crippen LogP contribution in [0.25, 0.3) is 0 Å². The first kappa shape index (κ1) is 18.2. The van der Waals surface area contributed by atoms with Crippen molar-refractivity contribution in [1.29, 1.82) is 5.26 Å². The predicted molar refractivity (Wildman–Crippen MR) is 96.6 cm³/mol. The third-order valence-electron chi connectivity index (χ3n) is 5.03. The van der Waals surface area contributed by atoms with Crippen LogP contribution in [0, 0.1) is 11.3 Å². The minimum atomic E-state index is -0.202. The van der Waals surface area contributed by atoms with E-state index in [1.807, 2.05) is 13.0 Å². The van der Waals surface area contributed by atoms with E-state index in [0.717, 1.165) is 52.1 Å². The van der Waals surface area contributed by atoms with Crippen molar-refractivity contribution < 1.29 is 9.53 Å². The molecule has 140 valence electrons. The number of nitrogen functional groups attached to an aromatic ring is 1. The van der Waals surface area contributed by atoms with Gasteiger partial charge in [-0.3, -0.25) is 4.90 Å². The molecule has 0 aliphatic carbocycles. The number of carbonyl (C=O) groups is 1. The lowest BCUT2D eigenvalue weighted by Gasteiger charge is -2.42. The molecule has 0 radical (unpaired) electrons. The van der Waals surface area contributed by atoms with E-state index in [1.54, 1.807) is 4.90 Å². The molecule has 2 fully saturated rings. The van der Waals surface area contributed by atoms with Crippen LogP contribution in [0.5, 0.6) is 0 Å². The molecule has 2 N–H and O–H groups in total. The first-order valence-electron chi connectivity index (χ1n) is 9.05. The quantitative estimate of drug-likeness (QED) is 0.838. The standard InChI is InChI=1S/C17H25N7O2/c1-2-26-17(25)24-5-3-14(4-6-24)22-7-9-23(10-8-22)16-20-12-13(11-18)15(19)21-16/h12,14H,2-10H2,1H3,(H2,19,20,21). The van der Waals surface area contributed by atoms with Gasteiger partial charge in [-0.15, -0.1) is 0 Å². The van der Waals surface area contributed by atoms with Crippen LogP contribution in [0.15, 0.2) is 6.20 Å². The van der Waals surface area contributed by atoms with Crippen LogP contribution in [0.1, 0.15) is 25.3 Å². The molecule has 0 aromatic carbocycles. The second-order valence-corrected chi connectivity index (χ2v) is 6.52. The topological polar surface area (TPSA) is 112 Å². The van der Waals surface area contributed by atoms with Gasteiger partial charge in [0.15, 0.2) is 0 Å². The molecule has 0 saturated carbocycles. The van der Waals surface area contributed by atoms with E-state index >= 15 is 0 Å². The summed E-state index contributed by atoms with van der Waals surface area (Å²) in [5, 5.41) is 8.92. The molecule has 2 aliphatic heterocycles. The number of piperazine rings is 1. The zero-order valence-corrected chi connectivity index (χ0v) is 15.1. The van der Waals surface area contributed by atoms with Gasteiger partial charge < -0.3 is 20.3 Å². The first-order chi connectivity index (χ1) is 12.6. The number of hydrogen-bond acceptors (Lipinski definition) is 8. The fourth-order valence-corrected chi connectivity index (χ4v) is 3.54. The van der Waals surface area contributed by atoms with E-state index in [0.29, 0.717) is 24.2 Å². The van der Waals surface area contributed by atoms with Crippen LogP contribution >= 0.6 is 0 Å². The van der Waals surface area contributed by atoms with Crippen molar-refractivity contribution in [3.05, 3.63) is 11.8 Å². The normalized spacial score (nSPS) is 19.2. The molecule has 1 amide bonds. The molecule has 26 heavy (non-hydrogen) atoms. The second-order valence-electron chi connectivity index (χ2n) is 6.52. The fourth-order valence-electron chi connectivity index (χ4n) is 3.54. The Morgan fingerprint density at radius 3 is 2.58 bits per heavy atom. The Bertz CT molecular complexity index is 674. The summed E-state index contributed by atoms with van der Waals surface area (Å²) >= 11 is 0. The number of carbonyl (C=O) groups excluding carboxylic acids is 1. The smallest absolute Gasteiger partial charge is 0.409 e. The van der Waals surface area contributed by atoms with Gasteiger partial charge in [-0.25, -0.2) is 9.78 Å². The van der Waals surface area contributed by atoms with Crippen LogP contribution in [-0.4, -0.2) is 77.8 Å². The van der Waals surface area contributed by atoms with Crippen molar-refractivity contribution in [3.8, 4) is 6.07 Å². The SMILES string of the molecule is CCOC(=O)N1CCC(N2CCN(c3ncc(C#N)c(N)n3)CC2)CC1. The molecule has 1 aromatic rings. The number of nitriles is 1. The molecule has 9 nitrogen and oxygen atoms in total. The lowest BCUT2D eigenvalue weighted by molar-refractivity contribution is 0.0728. The minimum Gasteiger partial charge on any atom is -0.450 e. The summed E-state index contributed by atoms with van der Waals surface area (Å²) in [5.41, 5.74) is 6.09. The third kappa shape index (κ3) is 3.96. The Kier molecular flexibility index (Phi) is 5.73. The van der Waals surface area contributed by atoms with Gasteiger partial charge in [-0.1, -0.05) is 0 Å². The number of amides is 1. The zero-order valence-electron chi connectivity index (χ0n) is 15.1. The van der Waals surface area contributed by atoms with E-state index in [-0.39, 0.29) is 11.9 Å². The van der Waals surface area contributed by atoms with Crippen LogP contribution < -0.4 is 10.6 Å². The highest BCUT2D eigenvalue weighted by Crippen LogP contribution is 2.21. The number of anilines is 2. The van der Waals surface area contributed by atoms with Crippen molar-refractivity contribution in [3.63, 3.8) is 0 Å². The second kappa shape index (κ2) is 8.19. The van der Waals surface area contributed by atoms with E-state index < -0.39 is 0 Å². The number of rotatable bonds is 3. The fraction of sp³-hybridized carbons (Fsp3) is 0.647. The van der Waals surface area contributed by atoms with Crippen molar-refractivity contribution in [1.82, 2.24) is 19.8 Å². The molecule has 0 unspecified atom stereocenters. The van der Waals surface area contributed by atoms with Crippen LogP contribution in [0.3, 0.4) is 0 Å². The number of aromatic nitrogens is 2. The summed E-state index contributed by atoms with van der Waals surface area (Å²) in [4.78, 5) is 26.7. The average molecular weight is 359 g/mol. The summed E-state index contributed by atoms with van der Waals surface area (Å²) < 4.78 is 5.07. The number of nitrogens with two attached hydrogens (primary N) is 1. The van der Waals surface area contributed by atoms with Crippen molar-refractivity contribution in [2.45, 2.75) is 25.8 Å². The molecule has 9 heteroatoms. The molecule has 1 aromatic heterocycles. The molecule has 0 spiro atoms. The van der Waals surface area contributed by atoms with Crippen LogP contribution in [0.4, 0.5) is 16.6 Å². The highest BCUT2D eigenvalue weighted by Gasteiger charge is 2.30. The molecule has 3 heterocycles. The monoisotopic (exact) mass is 359 g/mol. The van der Waals surface area contributed by atoms with Gasteiger partial charge in [0, 0.05) is 45.3 Å². The zero-order chi connectivity index (χ0) is 18.5. The Balaban J connectivity index is 1.49. The molecule has 2 aliphatic rings. The molecular formula is C17H25N7O2. The Hall–Kier alpha value is -2.60. The number of piperidine rings is 1. The average Bonchev–Trinajstić information content (AvgIpc) is 2.68. The van der Waals surface area contributed by atoms with E-state index in [9.17, 15) is 4.79 Å². The molecule has 3 rings (SSSR count). The van der Waals surface area contributed by atoms with Crippen molar-refractivity contribution in [2.75, 3.05) is 56.5 Å². The number of likely N-dealkylation sites (tertiary alicyclic amines) is 1.